The molecular weight excluding hydrogens is 268 g/mol. The molecule has 0 aliphatic rings. The monoisotopic (exact) mass is 282 g/mol. The Bertz CT molecular complexity index is 722. The summed E-state index contributed by atoms with van der Waals surface area (Å²) >= 11 is 5.95. The predicted octanol–water partition coefficient (Wildman–Crippen LogP) is 4.20. The number of hydrogen-bond acceptors (Lipinski definition) is 2. The topological polar surface area (TPSA) is 24.9 Å². The van der Waals surface area contributed by atoms with Crippen molar-refractivity contribution in [1.29, 1.82) is 0 Å². The number of hydrogen-bond donors (Lipinski definition) is 1. The first-order chi connectivity index (χ1) is 9.78. The van der Waals surface area contributed by atoms with Crippen LogP contribution in [0.1, 0.15) is 17.2 Å². The van der Waals surface area contributed by atoms with Gasteiger partial charge in [-0.25, -0.2) is 0 Å². The number of nitrogens with one attached hydrogen (secondary N) is 1. The van der Waals surface area contributed by atoms with Crippen molar-refractivity contribution in [2.24, 2.45) is 0 Å². The Balaban J connectivity index is 2.04. The number of fused-ring (bicyclic) bond motifs is 1. The van der Waals surface area contributed by atoms with Crippen molar-refractivity contribution in [2.75, 3.05) is 7.05 Å². The molecule has 100 valence electrons. The summed E-state index contributed by atoms with van der Waals surface area (Å²) in [5, 5.41) is 5.24. The molecule has 1 heterocycles. The van der Waals surface area contributed by atoms with Crippen LogP contribution in [0.5, 0.6) is 0 Å². The Morgan fingerprint density at radius 3 is 2.50 bits per heavy atom. The SMILES string of the molecule is CNC(c1ccc(Cl)cc1)c1cnc2ccccc2c1. The van der Waals surface area contributed by atoms with Crippen LogP contribution >= 0.6 is 11.6 Å². The summed E-state index contributed by atoms with van der Waals surface area (Å²) in [6.07, 6.45) is 1.93. The largest absolute Gasteiger partial charge is 0.309 e. The molecule has 3 aromatic rings. The molecule has 1 unspecified atom stereocenters. The first-order valence-electron chi connectivity index (χ1n) is 6.55. The van der Waals surface area contributed by atoms with E-state index in [1.165, 1.54) is 5.56 Å². The van der Waals surface area contributed by atoms with Gasteiger partial charge >= 0.3 is 0 Å². The molecule has 0 spiro atoms. The van der Waals surface area contributed by atoms with Gasteiger partial charge in [-0.3, -0.25) is 4.98 Å². The van der Waals surface area contributed by atoms with Gasteiger partial charge in [0, 0.05) is 16.6 Å². The zero-order chi connectivity index (χ0) is 13.9. The van der Waals surface area contributed by atoms with Gasteiger partial charge in [-0.1, -0.05) is 41.9 Å². The molecular formula is C17H15ClN2. The van der Waals surface area contributed by atoms with Crippen LogP contribution in [-0.2, 0) is 0 Å². The molecule has 0 amide bonds. The Morgan fingerprint density at radius 1 is 1.00 bits per heavy atom. The number of aromatic nitrogens is 1. The number of pyridine rings is 1. The quantitative estimate of drug-likeness (QED) is 0.779. The van der Waals surface area contributed by atoms with Crippen molar-refractivity contribution < 1.29 is 0 Å². The molecule has 1 aromatic heterocycles. The first-order valence-corrected chi connectivity index (χ1v) is 6.93. The second kappa shape index (κ2) is 5.61. The van der Waals surface area contributed by atoms with Crippen LogP contribution in [0, 0.1) is 0 Å². The molecule has 2 nitrogen and oxygen atoms in total. The maximum atomic E-state index is 5.95. The smallest absolute Gasteiger partial charge is 0.0702 e. The lowest BCUT2D eigenvalue weighted by atomic mass is 9.99. The Hall–Kier alpha value is -1.90. The molecule has 0 fully saturated rings. The summed E-state index contributed by atoms with van der Waals surface area (Å²) in [7, 11) is 1.95. The second-order valence-corrected chi connectivity index (χ2v) is 5.17. The molecule has 0 radical (unpaired) electrons. The Labute approximate surface area is 123 Å². The molecule has 1 N–H and O–H groups in total. The van der Waals surface area contributed by atoms with Gasteiger partial charge < -0.3 is 5.32 Å². The number of benzene rings is 2. The fourth-order valence-electron chi connectivity index (χ4n) is 2.43. The summed E-state index contributed by atoms with van der Waals surface area (Å²) in [6, 6.07) is 18.3. The minimum Gasteiger partial charge on any atom is -0.309 e. The van der Waals surface area contributed by atoms with Gasteiger partial charge in [0.2, 0.25) is 0 Å². The highest BCUT2D eigenvalue weighted by atomic mass is 35.5. The van der Waals surface area contributed by atoms with Gasteiger partial charge in [-0.05, 0) is 42.4 Å². The molecule has 20 heavy (non-hydrogen) atoms. The van der Waals surface area contributed by atoms with Crippen molar-refractivity contribution in [2.45, 2.75) is 6.04 Å². The first kappa shape index (κ1) is 13.1. The fourth-order valence-corrected chi connectivity index (χ4v) is 2.55. The van der Waals surface area contributed by atoms with Crippen LogP contribution in [0.4, 0.5) is 0 Å². The average Bonchev–Trinajstić information content (AvgIpc) is 2.50. The van der Waals surface area contributed by atoms with Crippen LogP contribution in [0.3, 0.4) is 0 Å². The summed E-state index contributed by atoms with van der Waals surface area (Å²) in [5.41, 5.74) is 3.34. The molecule has 2 aromatic carbocycles. The van der Waals surface area contributed by atoms with E-state index in [0.717, 1.165) is 21.5 Å². The molecule has 3 heteroatoms. The van der Waals surface area contributed by atoms with Gasteiger partial charge in [0.25, 0.3) is 0 Å². The van der Waals surface area contributed by atoms with Gasteiger partial charge in [0.05, 0.1) is 11.6 Å². The summed E-state index contributed by atoms with van der Waals surface area (Å²) in [5.74, 6) is 0. The van der Waals surface area contributed by atoms with Crippen molar-refractivity contribution in [1.82, 2.24) is 10.3 Å². The van der Waals surface area contributed by atoms with E-state index in [1.54, 1.807) is 0 Å². The predicted molar refractivity (Wildman–Crippen MR) is 84.1 cm³/mol. The Morgan fingerprint density at radius 2 is 1.75 bits per heavy atom. The van der Waals surface area contributed by atoms with E-state index in [4.69, 9.17) is 11.6 Å². The number of para-hydroxylation sites is 1. The maximum Gasteiger partial charge on any atom is 0.0702 e. The van der Waals surface area contributed by atoms with Crippen molar-refractivity contribution in [3.63, 3.8) is 0 Å². The second-order valence-electron chi connectivity index (χ2n) is 4.73. The number of rotatable bonds is 3. The third kappa shape index (κ3) is 2.53. The fraction of sp³-hybridized carbons (Fsp3) is 0.118. The van der Waals surface area contributed by atoms with E-state index < -0.39 is 0 Å². The van der Waals surface area contributed by atoms with Gasteiger partial charge in [-0.15, -0.1) is 0 Å². The molecule has 0 aliphatic carbocycles. The van der Waals surface area contributed by atoms with Crippen LogP contribution in [0.15, 0.2) is 60.8 Å². The van der Waals surface area contributed by atoms with E-state index >= 15 is 0 Å². The lowest BCUT2D eigenvalue weighted by molar-refractivity contribution is 0.690. The van der Waals surface area contributed by atoms with E-state index in [1.807, 2.05) is 55.7 Å². The molecule has 3 rings (SSSR count). The third-order valence-corrected chi connectivity index (χ3v) is 3.69. The third-order valence-electron chi connectivity index (χ3n) is 3.44. The molecule has 0 saturated carbocycles. The highest BCUT2D eigenvalue weighted by Gasteiger charge is 2.12. The number of halogens is 1. The summed E-state index contributed by atoms with van der Waals surface area (Å²) in [6.45, 7) is 0. The Kier molecular flexibility index (Phi) is 3.68. The lowest BCUT2D eigenvalue weighted by Gasteiger charge is -2.17. The molecule has 0 aliphatic heterocycles. The van der Waals surface area contributed by atoms with E-state index in [0.29, 0.717) is 0 Å². The summed E-state index contributed by atoms with van der Waals surface area (Å²) < 4.78 is 0. The molecule has 1 atom stereocenters. The average molecular weight is 283 g/mol. The molecule has 0 saturated heterocycles. The zero-order valence-corrected chi connectivity index (χ0v) is 11.9. The normalized spacial score (nSPS) is 12.5. The summed E-state index contributed by atoms with van der Waals surface area (Å²) in [4.78, 5) is 4.53. The highest BCUT2D eigenvalue weighted by Crippen LogP contribution is 2.25. The van der Waals surface area contributed by atoms with Crippen LogP contribution < -0.4 is 5.32 Å². The van der Waals surface area contributed by atoms with Crippen molar-refractivity contribution in [3.8, 4) is 0 Å². The van der Waals surface area contributed by atoms with Crippen LogP contribution in [0.25, 0.3) is 10.9 Å². The van der Waals surface area contributed by atoms with E-state index in [9.17, 15) is 0 Å². The zero-order valence-electron chi connectivity index (χ0n) is 11.2. The standard InChI is InChI=1S/C17H15ClN2/c1-19-17(12-6-8-15(18)9-7-12)14-10-13-4-2-3-5-16(13)20-11-14/h2-11,17,19H,1H3. The van der Waals surface area contributed by atoms with E-state index in [2.05, 4.69) is 22.4 Å². The van der Waals surface area contributed by atoms with Gasteiger partial charge in [0.15, 0.2) is 0 Å². The van der Waals surface area contributed by atoms with Gasteiger partial charge in [-0.2, -0.15) is 0 Å². The minimum atomic E-state index is 0.115. The van der Waals surface area contributed by atoms with Crippen molar-refractivity contribution >= 4 is 22.5 Å². The van der Waals surface area contributed by atoms with Crippen molar-refractivity contribution in [3.05, 3.63) is 76.9 Å². The molecule has 0 bridgehead atoms. The lowest BCUT2D eigenvalue weighted by Crippen LogP contribution is -2.17. The maximum absolute atomic E-state index is 5.95. The van der Waals surface area contributed by atoms with E-state index in [-0.39, 0.29) is 6.04 Å². The van der Waals surface area contributed by atoms with Crippen LogP contribution in [-0.4, -0.2) is 12.0 Å². The number of nitrogens with zero attached hydrogens (tertiary/aromatic N) is 1. The highest BCUT2D eigenvalue weighted by molar-refractivity contribution is 6.30. The van der Waals surface area contributed by atoms with Gasteiger partial charge in [0.1, 0.15) is 0 Å². The minimum absolute atomic E-state index is 0.115. The van der Waals surface area contributed by atoms with Crippen LogP contribution in [0.2, 0.25) is 5.02 Å².